The Bertz CT molecular complexity index is 812. The standard InChI is InChI=1S/C17H15N3O2/c21-17(22)12-5-6-20-15(7-12)11-19-10-14-9-18-8-13-3-1-2-4-16(13)14/h1-9,19H,10-11H2,(H,21,22). The minimum absolute atomic E-state index is 0.249. The Hall–Kier alpha value is -2.79. The van der Waals surface area contributed by atoms with Crippen molar-refractivity contribution in [2.24, 2.45) is 0 Å². The number of carboxylic acids is 1. The molecule has 0 saturated carbocycles. The summed E-state index contributed by atoms with van der Waals surface area (Å²) in [5.74, 6) is -0.943. The van der Waals surface area contributed by atoms with Gasteiger partial charge in [0.05, 0.1) is 11.3 Å². The van der Waals surface area contributed by atoms with E-state index in [9.17, 15) is 4.79 Å². The number of aromatic carboxylic acids is 1. The predicted molar refractivity (Wildman–Crippen MR) is 83.5 cm³/mol. The van der Waals surface area contributed by atoms with Crippen molar-refractivity contribution >= 4 is 16.7 Å². The van der Waals surface area contributed by atoms with Gasteiger partial charge in [0.15, 0.2) is 0 Å². The van der Waals surface area contributed by atoms with Gasteiger partial charge in [0, 0.05) is 37.1 Å². The number of benzene rings is 1. The van der Waals surface area contributed by atoms with E-state index >= 15 is 0 Å². The Morgan fingerprint density at radius 3 is 2.86 bits per heavy atom. The van der Waals surface area contributed by atoms with Crippen molar-refractivity contribution in [3.63, 3.8) is 0 Å². The smallest absolute Gasteiger partial charge is 0.335 e. The highest BCUT2D eigenvalue weighted by Gasteiger charge is 2.05. The molecule has 0 fully saturated rings. The maximum atomic E-state index is 10.9. The highest BCUT2D eigenvalue weighted by atomic mass is 16.4. The molecule has 1 aromatic carbocycles. The van der Waals surface area contributed by atoms with Gasteiger partial charge in [0.1, 0.15) is 0 Å². The van der Waals surface area contributed by atoms with Crippen LogP contribution in [0.15, 0.2) is 55.0 Å². The average Bonchev–Trinajstić information content (AvgIpc) is 2.55. The summed E-state index contributed by atoms with van der Waals surface area (Å²) in [4.78, 5) is 19.4. The predicted octanol–water partition coefficient (Wildman–Crippen LogP) is 2.62. The lowest BCUT2D eigenvalue weighted by Gasteiger charge is -2.08. The first-order valence-corrected chi connectivity index (χ1v) is 6.94. The second-order valence-corrected chi connectivity index (χ2v) is 4.96. The second-order valence-electron chi connectivity index (χ2n) is 4.96. The molecule has 2 heterocycles. The highest BCUT2D eigenvalue weighted by Crippen LogP contribution is 2.16. The first-order valence-electron chi connectivity index (χ1n) is 6.94. The number of fused-ring (bicyclic) bond motifs is 1. The van der Waals surface area contributed by atoms with Crippen LogP contribution in [-0.4, -0.2) is 21.0 Å². The second kappa shape index (κ2) is 6.32. The number of hydrogen-bond donors (Lipinski definition) is 2. The minimum atomic E-state index is -0.943. The molecule has 0 aliphatic heterocycles. The number of aromatic nitrogens is 2. The van der Waals surface area contributed by atoms with Gasteiger partial charge in [0.2, 0.25) is 0 Å². The molecule has 0 saturated heterocycles. The van der Waals surface area contributed by atoms with Gasteiger partial charge in [0.25, 0.3) is 0 Å². The normalized spacial score (nSPS) is 10.7. The summed E-state index contributed by atoms with van der Waals surface area (Å²) in [5.41, 5.74) is 2.05. The van der Waals surface area contributed by atoms with E-state index in [0.29, 0.717) is 18.8 Å². The number of hydrogen-bond acceptors (Lipinski definition) is 4. The van der Waals surface area contributed by atoms with Gasteiger partial charge in [-0.1, -0.05) is 24.3 Å². The first kappa shape index (κ1) is 14.2. The Labute approximate surface area is 127 Å². The fraction of sp³-hybridized carbons (Fsp3) is 0.118. The third-order valence-electron chi connectivity index (χ3n) is 3.44. The number of rotatable bonds is 5. The molecule has 2 N–H and O–H groups in total. The highest BCUT2D eigenvalue weighted by molar-refractivity contribution is 5.87. The number of pyridine rings is 2. The first-order chi connectivity index (χ1) is 10.7. The molecule has 0 aliphatic carbocycles. The van der Waals surface area contributed by atoms with E-state index in [1.54, 1.807) is 6.07 Å². The number of carbonyl (C=O) groups is 1. The number of nitrogens with one attached hydrogen (secondary N) is 1. The van der Waals surface area contributed by atoms with Crippen LogP contribution in [0.1, 0.15) is 21.6 Å². The van der Waals surface area contributed by atoms with Crippen LogP contribution in [0.3, 0.4) is 0 Å². The topological polar surface area (TPSA) is 75.1 Å². The van der Waals surface area contributed by atoms with Crippen molar-refractivity contribution in [3.8, 4) is 0 Å². The molecule has 2 aromatic heterocycles. The molecule has 22 heavy (non-hydrogen) atoms. The molecular weight excluding hydrogens is 278 g/mol. The Kier molecular flexibility index (Phi) is 4.07. The molecule has 5 nitrogen and oxygen atoms in total. The van der Waals surface area contributed by atoms with Gasteiger partial charge in [-0.3, -0.25) is 9.97 Å². The van der Waals surface area contributed by atoms with E-state index < -0.39 is 5.97 Å². The summed E-state index contributed by atoms with van der Waals surface area (Å²) in [7, 11) is 0. The van der Waals surface area contributed by atoms with E-state index in [0.717, 1.165) is 16.3 Å². The maximum absolute atomic E-state index is 10.9. The van der Waals surface area contributed by atoms with E-state index in [1.807, 2.05) is 30.6 Å². The van der Waals surface area contributed by atoms with Crippen LogP contribution >= 0.6 is 0 Å². The molecule has 0 radical (unpaired) electrons. The molecular formula is C17H15N3O2. The van der Waals surface area contributed by atoms with Crippen LogP contribution in [0.2, 0.25) is 0 Å². The van der Waals surface area contributed by atoms with Gasteiger partial charge >= 0.3 is 5.97 Å². The Morgan fingerprint density at radius 2 is 2.00 bits per heavy atom. The maximum Gasteiger partial charge on any atom is 0.335 e. The van der Waals surface area contributed by atoms with Crippen molar-refractivity contribution in [2.45, 2.75) is 13.1 Å². The van der Waals surface area contributed by atoms with E-state index in [1.165, 1.54) is 12.3 Å². The van der Waals surface area contributed by atoms with Crippen LogP contribution in [-0.2, 0) is 13.1 Å². The zero-order valence-electron chi connectivity index (χ0n) is 11.9. The molecule has 3 rings (SSSR count). The summed E-state index contributed by atoms with van der Waals surface area (Å²) in [5, 5.41) is 14.5. The van der Waals surface area contributed by atoms with Gasteiger partial charge < -0.3 is 10.4 Å². The number of nitrogens with zero attached hydrogens (tertiary/aromatic N) is 2. The fourth-order valence-electron chi connectivity index (χ4n) is 2.35. The SMILES string of the molecule is O=C(O)c1ccnc(CNCc2cncc3ccccc23)c1. The van der Waals surface area contributed by atoms with E-state index in [-0.39, 0.29) is 5.56 Å². The van der Waals surface area contributed by atoms with Crippen molar-refractivity contribution in [1.29, 1.82) is 0 Å². The van der Waals surface area contributed by atoms with Crippen LogP contribution in [0, 0.1) is 0 Å². The van der Waals surface area contributed by atoms with Gasteiger partial charge in [-0.25, -0.2) is 4.79 Å². The number of carboxylic acid groups (broad SMARTS) is 1. The summed E-state index contributed by atoms with van der Waals surface area (Å²) in [6.07, 6.45) is 5.20. The van der Waals surface area contributed by atoms with Crippen molar-refractivity contribution in [3.05, 3.63) is 71.8 Å². The molecule has 110 valence electrons. The molecule has 0 unspecified atom stereocenters. The summed E-state index contributed by atoms with van der Waals surface area (Å²) >= 11 is 0. The minimum Gasteiger partial charge on any atom is -0.478 e. The van der Waals surface area contributed by atoms with Crippen molar-refractivity contribution in [1.82, 2.24) is 15.3 Å². The van der Waals surface area contributed by atoms with Crippen LogP contribution < -0.4 is 5.32 Å². The van der Waals surface area contributed by atoms with Gasteiger partial charge in [-0.2, -0.15) is 0 Å². The third kappa shape index (κ3) is 3.10. The lowest BCUT2D eigenvalue weighted by Crippen LogP contribution is -2.14. The lowest BCUT2D eigenvalue weighted by atomic mass is 10.1. The monoisotopic (exact) mass is 293 g/mol. The summed E-state index contributed by atoms with van der Waals surface area (Å²) in [6, 6.07) is 11.2. The fourth-order valence-corrected chi connectivity index (χ4v) is 2.35. The van der Waals surface area contributed by atoms with Crippen molar-refractivity contribution < 1.29 is 9.90 Å². The molecule has 0 amide bonds. The largest absolute Gasteiger partial charge is 0.478 e. The Balaban J connectivity index is 1.70. The molecule has 0 bridgehead atoms. The zero-order valence-corrected chi connectivity index (χ0v) is 11.9. The quantitative estimate of drug-likeness (QED) is 0.756. The third-order valence-corrected chi connectivity index (χ3v) is 3.44. The van der Waals surface area contributed by atoms with Gasteiger partial charge in [-0.15, -0.1) is 0 Å². The van der Waals surface area contributed by atoms with Crippen LogP contribution in [0.4, 0.5) is 0 Å². The van der Waals surface area contributed by atoms with Crippen LogP contribution in [0.5, 0.6) is 0 Å². The van der Waals surface area contributed by atoms with Gasteiger partial charge in [-0.05, 0) is 23.1 Å². The summed E-state index contributed by atoms with van der Waals surface area (Å²) < 4.78 is 0. The van der Waals surface area contributed by atoms with E-state index in [4.69, 9.17) is 5.11 Å². The van der Waals surface area contributed by atoms with Crippen LogP contribution in [0.25, 0.3) is 10.8 Å². The average molecular weight is 293 g/mol. The lowest BCUT2D eigenvalue weighted by molar-refractivity contribution is 0.0696. The molecule has 0 atom stereocenters. The molecule has 0 spiro atoms. The molecule has 0 aliphatic rings. The van der Waals surface area contributed by atoms with E-state index in [2.05, 4.69) is 21.4 Å². The zero-order chi connectivity index (χ0) is 15.4. The Morgan fingerprint density at radius 1 is 1.14 bits per heavy atom. The molecule has 5 heteroatoms. The van der Waals surface area contributed by atoms with Crippen molar-refractivity contribution in [2.75, 3.05) is 0 Å². The summed E-state index contributed by atoms with van der Waals surface area (Å²) in [6.45, 7) is 1.15. The molecule has 3 aromatic rings.